The fourth-order valence-corrected chi connectivity index (χ4v) is 7.77. The molecule has 2 aromatic heterocycles. The molecule has 1 unspecified atom stereocenters. The number of carbonyl (C=O) groups is 1. The van der Waals surface area contributed by atoms with E-state index in [-0.39, 0.29) is 10.8 Å². The van der Waals surface area contributed by atoms with Crippen molar-refractivity contribution >= 4 is 42.7 Å². The van der Waals surface area contributed by atoms with Crippen molar-refractivity contribution in [3.8, 4) is 5.88 Å². The third-order valence-electron chi connectivity index (χ3n) is 8.20. The molecule has 3 aromatic rings. The molecule has 11 heteroatoms. The maximum atomic E-state index is 13.6. The van der Waals surface area contributed by atoms with Gasteiger partial charge in [-0.15, -0.1) is 0 Å². The van der Waals surface area contributed by atoms with Crippen molar-refractivity contribution in [2.75, 3.05) is 45.7 Å². The van der Waals surface area contributed by atoms with Gasteiger partial charge in [-0.1, -0.05) is 55.6 Å². The number of likely N-dealkylation sites (N-methyl/N-ethyl adjacent to an activating group) is 1. The molecule has 1 N–H and O–H groups in total. The van der Waals surface area contributed by atoms with Gasteiger partial charge in [0.05, 0.1) is 17.9 Å². The molecular formula is C29H39N5O4S2. The van der Waals surface area contributed by atoms with Gasteiger partial charge in [0.25, 0.3) is 0 Å². The zero-order chi connectivity index (χ0) is 28.1. The number of ether oxygens (including phenoxy) is 1. The molecule has 1 amide bonds. The van der Waals surface area contributed by atoms with E-state index in [9.17, 15) is 13.2 Å². The minimum Gasteiger partial charge on any atom is -0.481 e. The number of anilines is 1. The standard InChI is InChI=1S/C29H39N5O4S2/c1-33(18-19-34-16-6-3-7-17-34)40(36,37)23-12-10-22(11-13-23)24(20-21-8-4-5-9-21)27(35)32-29-30-25-14-15-26(38-2)31-28(25)39-29/h10-15,21,24H,3-9,16-20H2,1-2H3,(H,30,32,35). The fraction of sp³-hybridized carbons (Fsp3) is 0.552. The van der Waals surface area contributed by atoms with Crippen LogP contribution in [0, 0.1) is 5.92 Å². The number of aromatic nitrogens is 2. The number of amides is 1. The molecule has 40 heavy (non-hydrogen) atoms. The summed E-state index contributed by atoms with van der Waals surface area (Å²) in [6.07, 6.45) is 8.94. The first-order chi connectivity index (χ1) is 19.3. The highest BCUT2D eigenvalue weighted by atomic mass is 32.2. The molecule has 1 aliphatic carbocycles. The lowest BCUT2D eigenvalue weighted by atomic mass is 9.87. The summed E-state index contributed by atoms with van der Waals surface area (Å²) in [4.78, 5) is 25.8. The molecule has 1 aliphatic heterocycles. The third kappa shape index (κ3) is 6.82. The predicted octanol–water partition coefficient (Wildman–Crippen LogP) is 5.11. The van der Waals surface area contributed by atoms with Crippen LogP contribution in [0.5, 0.6) is 5.88 Å². The number of hydrogen-bond donors (Lipinski definition) is 1. The number of nitrogens with zero attached hydrogens (tertiary/aromatic N) is 4. The molecule has 9 nitrogen and oxygen atoms in total. The summed E-state index contributed by atoms with van der Waals surface area (Å²) >= 11 is 1.31. The molecule has 1 aromatic carbocycles. The lowest BCUT2D eigenvalue weighted by Crippen LogP contribution is -2.38. The van der Waals surface area contributed by atoms with Crippen molar-refractivity contribution < 1.29 is 17.9 Å². The van der Waals surface area contributed by atoms with Crippen LogP contribution in [0.15, 0.2) is 41.3 Å². The Morgan fingerprint density at radius 2 is 1.80 bits per heavy atom. The number of thiazole rings is 1. The normalized spacial score (nSPS) is 17.9. The van der Waals surface area contributed by atoms with Crippen LogP contribution in [0.2, 0.25) is 0 Å². The van der Waals surface area contributed by atoms with Crippen molar-refractivity contribution in [3.63, 3.8) is 0 Å². The lowest BCUT2D eigenvalue weighted by Gasteiger charge is -2.28. The molecule has 216 valence electrons. The van der Waals surface area contributed by atoms with E-state index in [0.717, 1.165) is 44.5 Å². The summed E-state index contributed by atoms with van der Waals surface area (Å²) in [5, 5.41) is 3.50. The smallest absolute Gasteiger partial charge is 0.242 e. The molecule has 1 saturated heterocycles. The van der Waals surface area contributed by atoms with E-state index in [1.165, 1.54) is 47.7 Å². The number of fused-ring (bicyclic) bond motifs is 1. The average molecular weight is 586 g/mol. The highest BCUT2D eigenvalue weighted by molar-refractivity contribution is 7.89. The molecule has 0 radical (unpaired) electrons. The third-order valence-corrected chi connectivity index (χ3v) is 11.0. The van der Waals surface area contributed by atoms with E-state index >= 15 is 0 Å². The van der Waals surface area contributed by atoms with Crippen molar-refractivity contribution in [2.45, 2.75) is 62.2 Å². The SMILES string of the molecule is COc1ccc2nc(NC(=O)C(CC3CCCC3)c3ccc(S(=O)(=O)N(C)CCN4CCCCC4)cc3)sc2n1. The van der Waals surface area contributed by atoms with Crippen LogP contribution in [0.25, 0.3) is 10.3 Å². The minimum atomic E-state index is -3.61. The Morgan fingerprint density at radius 3 is 2.50 bits per heavy atom. The Morgan fingerprint density at radius 1 is 1.07 bits per heavy atom. The van der Waals surface area contributed by atoms with Gasteiger partial charge in [-0.2, -0.15) is 4.31 Å². The van der Waals surface area contributed by atoms with Gasteiger partial charge < -0.3 is 15.0 Å². The summed E-state index contributed by atoms with van der Waals surface area (Å²) in [6, 6.07) is 10.5. The van der Waals surface area contributed by atoms with E-state index in [1.807, 2.05) is 6.07 Å². The quantitative estimate of drug-likeness (QED) is 0.334. The van der Waals surface area contributed by atoms with Crippen LogP contribution in [0.4, 0.5) is 5.13 Å². The zero-order valence-corrected chi connectivity index (χ0v) is 25.0. The summed E-state index contributed by atoms with van der Waals surface area (Å²) in [6.45, 7) is 3.27. The summed E-state index contributed by atoms with van der Waals surface area (Å²) in [5.41, 5.74) is 1.52. The fourth-order valence-electron chi connectivity index (χ4n) is 5.77. The molecule has 0 bridgehead atoms. The Labute approximate surface area is 241 Å². The van der Waals surface area contributed by atoms with Gasteiger partial charge in [-0.05, 0) is 62.0 Å². The Bertz CT molecular complexity index is 1400. The van der Waals surface area contributed by atoms with Gasteiger partial charge in [0.15, 0.2) is 5.13 Å². The topological polar surface area (TPSA) is 105 Å². The number of methoxy groups -OCH3 is 1. The van der Waals surface area contributed by atoms with Crippen LogP contribution >= 0.6 is 11.3 Å². The number of sulfonamides is 1. The maximum Gasteiger partial charge on any atom is 0.242 e. The largest absolute Gasteiger partial charge is 0.481 e. The number of likely N-dealkylation sites (tertiary alicyclic amines) is 1. The van der Waals surface area contributed by atoms with Crippen molar-refractivity contribution in [1.82, 2.24) is 19.2 Å². The van der Waals surface area contributed by atoms with Gasteiger partial charge >= 0.3 is 0 Å². The van der Waals surface area contributed by atoms with E-state index in [2.05, 4.69) is 20.2 Å². The van der Waals surface area contributed by atoms with Crippen LogP contribution in [0.1, 0.15) is 62.8 Å². The highest BCUT2D eigenvalue weighted by Crippen LogP contribution is 2.36. The molecule has 1 saturated carbocycles. The number of nitrogens with one attached hydrogen (secondary N) is 1. The van der Waals surface area contributed by atoms with Crippen molar-refractivity contribution in [2.24, 2.45) is 5.92 Å². The Hall–Kier alpha value is -2.60. The molecule has 0 spiro atoms. The van der Waals surface area contributed by atoms with Crippen LogP contribution in [-0.4, -0.2) is 73.8 Å². The van der Waals surface area contributed by atoms with Crippen LogP contribution in [-0.2, 0) is 14.8 Å². The highest BCUT2D eigenvalue weighted by Gasteiger charge is 2.29. The monoisotopic (exact) mass is 585 g/mol. The number of rotatable bonds is 11. The predicted molar refractivity (Wildman–Crippen MR) is 158 cm³/mol. The minimum absolute atomic E-state index is 0.132. The first kappa shape index (κ1) is 28.9. The molecule has 1 atom stereocenters. The summed E-state index contributed by atoms with van der Waals surface area (Å²) in [7, 11) is -0.403. The van der Waals surface area contributed by atoms with Crippen LogP contribution in [0.3, 0.4) is 0 Å². The van der Waals surface area contributed by atoms with Gasteiger partial charge in [0, 0.05) is 26.2 Å². The van der Waals surface area contributed by atoms with Crippen LogP contribution < -0.4 is 10.1 Å². The number of hydrogen-bond acceptors (Lipinski definition) is 8. The van der Waals surface area contributed by atoms with E-state index in [1.54, 1.807) is 44.5 Å². The van der Waals surface area contributed by atoms with Gasteiger partial charge in [-0.25, -0.2) is 18.4 Å². The first-order valence-corrected chi connectivity index (χ1v) is 16.5. The van der Waals surface area contributed by atoms with Gasteiger partial charge in [-0.3, -0.25) is 4.79 Å². The molecule has 2 aliphatic rings. The molecule has 2 fully saturated rings. The number of pyridine rings is 1. The Balaban J connectivity index is 1.30. The maximum absolute atomic E-state index is 13.6. The molecular weight excluding hydrogens is 546 g/mol. The van der Waals surface area contributed by atoms with E-state index < -0.39 is 15.9 Å². The average Bonchev–Trinajstić information content (AvgIpc) is 3.64. The second-order valence-electron chi connectivity index (χ2n) is 10.9. The number of benzene rings is 1. The van der Waals surface area contributed by atoms with Crippen molar-refractivity contribution in [1.29, 1.82) is 0 Å². The van der Waals surface area contributed by atoms with Crippen molar-refractivity contribution in [3.05, 3.63) is 42.0 Å². The first-order valence-electron chi connectivity index (χ1n) is 14.2. The van der Waals surface area contributed by atoms with E-state index in [0.29, 0.717) is 33.8 Å². The van der Waals surface area contributed by atoms with Gasteiger partial charge in [0.1, 0.15) is 10.3 Å². The summed E-state index contributed by atoms with van der Waals surface area (Å²) in [5.74, 6) is 0.445. The van der Waals surface area contributed by atoms with E-state index in [4.69, 9.17) is 4.74 Å². The molecule has 3 heterocycles. The second-order valence-corrected chi connectivity index (χ2v) is 13.9. The summed E-state index contributed by atoms with van der Waals surface area (Å²) < 4.78 is 33.2. The number of piperidine rings is 1. The van der Waals surface area contributed by atoms with Gasteiger partial charge in [0.2, 0.25) is 21.8 Å². The zero-order valence-electron chi connectivity index (χ0n) is 23.3. The Kier molecular flexibility index (Phi) is 9.34. The second kappa shape index (κ2) is 12.9. The molecule has 5 rings (SSSR count). The number of carbonyl (C=O) groups excluding carboxylic acids is 1. The lowest BCUT2D eigenvalue weighted by molar-refractivity contribution is -0.118.